The van der Waals surface area contributed by atoms with Gasteiger partial charge in [0.25, 0.3) is 0 Å². The number of carbonyl (C=O) groups excluding carboxylic acids is 1. The van der Waals surface area contributed by atoms with Crippen molar-refractivity contribution in [2.24, 2.45) is 0 Å². The zero-order chi connectivity index (χ0) is 17.6. The first-order valence-corrected chi connectivity index (χ1v) is 9.05. The normalized spacial score (nSPS) is 11.2. The summed E-state index contributed by atoms with van der Waals surface area (Å²) in [6.07, 6.45) is 0.461. The quantitative estimate of drug-likeness (QED) is 0.740. The van der Waals surface area contributed by atoms with Crippen LogP contribution in [0.2, 0.25) is 0 Å². The largest absolute Gasteiger partial charge is 0.495 e. The zero-order valence-electron chi connectivity index (χ0n) is 14.8. The van der Waals surface area contributed by atoms with Crippen LogP contribution in [0.3, 0.4) is 0 Å². The third kappa shape index (κ3) is 5.31. The number of carbonyl (C=O) groups is 1. The molecule has 0 saturated carbocycles. The van der Waals surface area contributed by atoms with E-state index < -0.39 is 0 Å². The Morgan fingerprint density at radius 2 is 1.83 bits per heavy atom. The summed E-state index contributed by atoms with van der Waals surface area (Å²) in [6.45, 7) is 6.45. The van der Waals surface area contributed by atoms with Gasteiger partial charge in [-0.25, -0.2) is 0 Å². The molecule has 0 bridgehead atoms. The number of methoxy groups -OCH3 is 1. The molecule has 0 heterocycles. The second-order valence-electron chi connectivity index (χ2n) is 6.62. The van der Waals surface area contributed by atoms with E-state index in [2.05, 4.69) is 38.2 Å². The highest BCUT2D eigenvalue weighted by Crippen LogP contribution is 2.31. The highest BCUT2D eigenvalue weighted by Gasteiger charge is 2.17. The molecule has 128 valence electrons. The number of nitrogens with one attached hydrogen (secondary N) is 1. The van der Waals surface area contributed by atoms with Crippen molar-refractivity contribution in [3.8, 4) is 5.75 Å². The fourth-order valence-corrected chi connectivity index (χ4v) is 3.14. The third-order valence-electron chi connectivity index (χ3n) is 3.68. The number of hydrogen-bond acceptors (Lipinski definition) is 3. The highest BCUT2D eigenvalue weighted by atomic mass is 32.2. The molecule has 0 aromatic heterocycles. The molecular weight excluding hydrogens is 318 g/mol. The number of ether oxygens (including phenoxy) is 1. The Kier molecular flexibility index (Phi) is 6.32. The molecule has 2 aromatic carbocycles. The van der Waals surface area contributed by atoms with E-state index in [1.807, 2.05) is 36.4 Å². The number of hydrogen-bond donors (Lipinski definition) is 1. The van der Waals surface area contributed by atoms with Gasteiger partial charge in [0.15, 0.2) is 0 Å². The van der Waals surface area contributed by atoms with Crippen molar-refractivity contribution in [2.75, 3.05) is 18.2 Å². The lowest BCUT2D eigenvalue weighted by molar-refractivity contribution is -0.115. The van der Waals surface area contributed by atoms with Gasteiger partial charge in [-0.2, -0.15) is 0 Å². The molecule has 0 fully saturated rings. The van der Waals surface area contributed by atoms with E-state index in [0.29, 0.717) is 12.2 Å². The van der Waals surface area contributed by atoms with Gasteiger partial charge in [-0.1, -0.05) is 45.0 Å². The number of thioether (sulfide) groups is 1. The molecule has 1 N–H and O–H groups in total. The Bertz CT molecular complexity index is 678. The van der Waals surface area contributed by atoms with Crippen LogP contribution in [-0.2, 0) is 10.2 Å². The van der Waals surface area contributed by atoms with Crippen LogP contribution in [0.1, 0.15) is 32.8 Å². The van der Waals surface area contributed by atoms with Gasteiger partial charge in [-0.3, -0.25) is 4.79 Å². The smallest absolute Gasteiger partial charge is 0.225 e. The Morgan fingerprint density at radius 1 is 1.12 bits per heavy atom. The van der Waals surface area contributed by atoms with Gasteiger partial charge in [0.2, 0.25) is 5.91 Å². The first-order chi connectivity index (χ1) is 11.4. The minimum Gasteiger partial charge on any atom is -0.495 e. The number of anilines is 1. The molecule has 4 heteroatoms. The minimum absolute atomic E-state index is 0.00258. The van der Waals surface area contributed by atoms with Crippen LogP contribution in [0.15, 0.2) is 53.4 Å². The maximum absolute atomic E-state index is 12.3. The number of amides is 1. The summed E-state index contributed by atoms with van der Waals surface area (Å²) in [5.41, 5.74) is 1.92. The van der Waals surface area contributed by atoms with Crippen molar-refractivity contribution in [3.05, 3.63) is 54.1 Å². The van der Waals surface area contributed by atoms with Crippen molar-refractivity contribution in [2.45, 2.75) is 37.5 Å². The molecule has 0 aliphatic heterocycles. The average Bonchev–Trinajstić information content (AvgIpc) is 2.55. The van der Waals surface area contributed by atoms with E-state index in [1.165, 1.54) is 4.90 Å². The van der Waals surface area contributed by atoms with E-state index in [1.54, 1.807) is 18.9 Å². The summed E-state index contributed by atoms with van der Waals surface area (Å²) in [7, 11) is 1.62. The summed E-state index contributed by atoms with van der Waals surface area (Å²) in [5, 5.41) is 2.98. The second kappa shape index (κ2) is 8.25. The lowest BCUT2D eigenvalue weighted by Gasteiger charge is -2.21. The van der Waals surface area contributed by atoms with Crippen LogP contribution in [-0.4, -0.2) is 18.8 Å². The minimum atomic E-state index is 0.00258. The van der Waals surface area contributed by atoms with Crippen LogP contribution in [0.5, 0.6) is 5.75 Å². The molecule has 0 unspecified atom stereocenters. The van der Waals surface area contributed by atoms with Crippen molar-refractivity contribution in [1.29, 1.82) is 0 Å². The van der Waals surface area contributed by atoms with Gasteiger partial charge < -0.3 is 10.1 Å². The van der Waals surface area contributed by atoms with Gasteiger partial charge in [0.05, 0.1) is 12.8 Å². The van der Waals surface area contributed by atoms with Crippen LogP contribution >= 0.6 is 11.8 Å². The molecular formula is C20H25NO2S. The topological polar surface area (TPSA) is 38.3 Å². The molecule has 3 nitrogen and oxygen atoms in total. The van der Waals surface area contributed by atoms with Gasteiger partial charge in [0, 0.05) is 17.1 Å². The van der Waals surface area contributed by atoms with Crippen LogP contribution in [0, 0.1) is 0 Å². The standard InChI is InChI=1S/C20H25NO2S/c1-20(2,3)15-10-11-18(23-4)17(14-15)21-19(22)12-13-24-16-8-6-5-7-9-16/h5-11,14H,12-13H2,1-4H3,(H,21,22). The second-order valence-corrected chi connectivity index (χ2v) is 7.79. The molecule has 0 saturated heterocycles. The summed E-state index contributed by atoms with van der Waals surface area (Å²) in [6, 6.07) is 16.1. The van der Waals surface area contributed by atoms with Crippen molar-refractivity contribution in [1.82, 2.24) is 0 Å². The van der Waals surface area contributed by atoms with Gasteiger partial charge in [0.1, 0.15) is 5.75 Å². The van der Waals surface area contributed by atoms with Crippen LogP contribution in [0.4, 0.5) is 5.69 Å². The molecule has 2 rings (SSSR count). The molecule has 1 amide bonds. The monoisotopic (exact) mass is 343 g/mol. The Morgan fingerprint density at radius 3 is 2.46 bits per heavy atom. The SMILES string of the molecule is COc1ccc(C(C)(C)C)cc1NC(=O)CCSc1ccccc1. The molecule has 0 aliphatic rings. The Balaban J connectivity index is 1.97. The van der Waals surface area contributed by atoms with Crippen LogP contribution < -0.4 is 10.1 Å². The summed E-state index contributed by atoms with van der Waals surface area (Å²) in [4.78, 5) is 13.4. The Hall–Kier alpha value is -1.94. The van der Waals surface area contributed by atoms with E-state index in [4.69, 9.17) is 4.74 Å². The third-order valence-corrected chi connectivity index (χ3v) is 4.69. The lowest BCUT2D eigenvalue weighted by atomic mass is 9.87. The fraction of sp³-hybridized carbons (Fsp3) is 0.350. The van der Waals surface area contributed by atoms with Gasteiger partial charge >= 0.3 is 0 Å². The highest BCUT2D eigenvalue weighted by molar-refractivity contribution is 7.99. The number of benzene rings is 2. The predicted molar refractivity (Wildman–Crippen MR) is 102 cm³/mol. The fourth-order valence-electron chi connectivity index (χ4n) is 2.26. The molecule has 24 heavy (non-hydrogen) atoms. The maximum Gasteiger partial charge on any atom is 0.225 e. The summed E-state index contributed by atoms with van der Waals surface area (Å²) >= 11 is 1.68. The Labute approximate surface area is 148 Å². The van der Waals surface area contributed by atoms with Crippen molar-refractivity contribution < 1.29 is 9.53 Å². The average molecular weight is 343 g/mol. The predicted octanol–water partition coefficient (Wildman–Crippen LogP) is 5.11. The van der Waals surface area contributed by atoms with Crippen molar-refractivity contribution >= 4 is 23.4 Å². The van der Waals surface area contributed by atoms with E-state index in [0.717, 1.165) is 17.0 Å². The van der Waals surface area contributed by atoms with Gasteiger partial charge in [-0.05, 0) is 35.2 Å². The maximum atomic E-state index is 12.3. The first kappa shape index (κ1) is 18.4. The van der Waals surface area contributed by atoms with E-state index in [9.17, 15) is 4.79 Å². The summed E-state index contributed by atoms with van der Waals surface area (Å²) in [5.74, 6) is 1.44. The molecule has 2 aromatic rings. The van der Waals surface area contributed by atoms with Crippen molar-refractivity contribution in [3.63, 3.8) is 0 Å². The van der Waals surface area contributed by atoms with Crippen LogP contribution in [0.25, 0.3) is 0 Å². The number of rotatable bonds is 6. The molecule has 0 radical (unpaired) electrons. The van der Waals surface area contributed by atoms with E-state index >= 15 is 0 Å². The van der Waals surface area contributed by atoms with E-state index in [-0.39, 0.29) is 11.3 Å². The first-order valence-electron chi connectivity index (χ1n) is 8.06. The summed E-state index contributed by atoms with van der Waals surface area (Å²) < 4.78 is 5.37. The lowest BCUT2D eigenvalue weighted by Crippen LogP contribution is -2.15. The molecule has 0 spiro atoms. The molecule has 0 atom stereocenters. The molecule has 0 aliphatic carbocycles. The van der Waals surface area contributed by atoms with Gasteiger partial charge in [-0.15, -0.1) is 11.8 Å². The zero-order valence-corrected chi connectivity index (χ0v) is 15.6.